The largest absolute Gasteiger partial charge is 0.331 e. The first-order valence-corrected chi connectivity index (χ1v) is 10.8. The van der Waals surface area contributed by atoms with E-state index in [9.17, 15) is 19.6 Å². The van der Waals surface area contributed by atoms with Crippen LogP contribution in [0.1, 0.15) is 27.0 Å². The summed E-state index contributed by atoms with van der Waals surface area (Å²) in [6.45, 7) is 0.518. The predicted octanol–water partition coefficient (Wildman–Crippen LogP) is 2.64. The number of nitrogens with one attached hydrogen (secondary N) is 1. The van der Waals surface area contributed by atoms with Crippen molar-refractivity contribution in [3.63, 3.8) is 0 Å². The highest BCUT2D eigenvalue weighted by Gasteiger charge is 2.14. The Bertz CT molecular complexity index is 1500. The molecule has 4 aromatic rings. The normalized spacial score (nSPS) is 10.7. The highest BCUT2D eigenvalue weighted by atomic mass is 16.5. The van der Waals surface area contributed by atoms with Gasteiger partial charge >= 0.3 is 5.69 Å². The zero-order valence-electron chi connectivity index (χ0n) is 18.3. The Morgan fingerprint density at radius 2 is 1.53 bits per heavy atom. The van der Waals surface area contributed by atoms with Crippen LogP contribution in [0.3, 0.4) is 0 Å². The molecule has 0 saturated carbocycles. The molecule has 0 aliphatic rings. The third kappa shape index (κ3) is 4.65. The van der Waals surface area contributed by atoms with Crippen LogP contribution in [-0.4, -0.2) is 20.2 Å². The molecule has 0 aliphatic heterocycles. The maximum absolute atomic E-state index is 13.4. The molecule has 0 atom stereocenters. The predicted molar refractivity (Wildman–Crippen MR) is 127 cm³/mol. The molecule has 0 aliphatic carbocycles. The molecule has 0 saturated heterocycles. The van der Waals surface area contributed by atoms with Crippen LogP contribution in [-0.2, 0) is 25.9 Å². The van der Waals surface area contributed by atoms with Crippen molar-refractivity contribution in [3.8, 4) is 6.07 Å². The van der Waals surface area contributed by atoms with Gasteiger partial charge in [0, 0.05) is 18.7 Å². The number of hydrogen-bond acceptors (Lipinski definition) is 5. The molecule has 1 amide bonds. The summed E-state index contributed by atoms with van der Waals surface area (Å²) in [6, 6.07) is 23.1. The Morgan fingerprint density at radius 1 is 0.882 bits per heavy atom. The number of amides is 1. The van der Waals surface area contributed by atoms with Gasteiger partial charge in [0.2, 0.25) is 0 Å². The average Bonchev–Trinajstić information content (AvgIpc) is 2.88. The van der Waals surface area contributed by atoms with E-state index in [-0.39, 0.29) is 18.6 Å². The van der Waals surface area contributed by atoms with Gasteiger partial charge < -0.3 is 0 Å². The van der Waals surface area contributed by atoms with Gasteiger partial charge in [-0.1, -0.05) is 42.5 Å². The van der Waals surface area contributed by atoms with Crippen LogP contribution in [0, 0.1) is 11.3 Å². The van der Waals surface area contributed by atoms with Crippen LogP contribution in [0.25, 0.3) is 10.9 Å². The topological polar surface area (TPSA) is 117 Å². The van der Waals surface area contributed by atoms with Crippen molar-refractivity contribution in [2.24, 2.45) is 0 Å². The van der Waals surface area contributed by atoms with Gasteiger partial charge in [-0.2, -0.15) is 5.26 Å². The second kappa shape index (κ2) is 9.98. The zero-order chi connectivity index (χ0) is 24.1. The number of rotatable bonds is 7. The molecule has 170 valence electrons. The summed E-state index contributed by atoms with van der Waals surface area (Å²) in [5.74, 6) is -0.608. The lowest BCUT2D eigenvalue weighted by Gasteiger charge is -2.15. The lowest BCUT2D eigenvalue weighted by Crippen LogP contribution is -2.40. The van der Waals surface area contributed by atoms with E-state index in [1.54, 1.807) is 47.9 Å². The summed E-state index contributed by atoms with van der Waals surface area (Å²) >= 11 is 0. The van der Waals surface area contributed by atoms with E-state index in [2.05, 4.69) is 6.07 Å². The maximum atomic E-state index is 13.4. The molecule has 0 fully saturated rings. The molecular weight excluding hydrogens is 432 g/mol. The van der Waals surface area contributed by atoms with E-state index in [0.717, 1.165) is 11.1 Å². The van der Waals surface area contributed by atoms with Gasteiger partial charge in [-0.05, 0) is 54.3 Å². The summed E-state index contributed by atoms with van der Waals surface area (Å²) < 4.78 is 2.77. The highest BCUT2D eigenvalue weighted by Crippen LogP contribution is 2.13. The van der Waals surface area contributed by atoms with E-state index in [0.29, 0.717) is 34.9 Å². The molecule has 34 heavy (non-hydrogen) atoms. The number of carbonyl (C=O) groups is 1. The van der Waals surface area contributed by atoms with Crippen molar-refractivity contribution >= 4 is 16.8 Å². The summed E-state index contributed by atoms with van der Waals surface area (Å²) in [7, 11) is 0. The molecule has 0 unspecified atom stereocenters. The fourth-order valence-corrected chi connectivity index (χ4v) is 3.91. The number of aromatic nitrogens is 2. The fraction of sp³-hybridized carbons (Fsp3) is 0.154. The molecule has 3 aromatic carbocycles. The maximum Gasteiger partial charge on any atom is 0.331 e. The molecule has 8 heteroatoms. The summed E-state index contributed by atoms with van der Waals surface area (Å²) in [6.07, 6.45) is 0.996. The van der Waals surface area contributed by atoms with Crippen LogP contribution < -0.4 is 16.7 Å². The smallest absolute Gasteiger partial charge is 0.293 e. The molecule has 8 nitrogen and oxygen atoms in total. The molecule has 1 heterocycles. The van der Waals surface area contributed by atoms with Crippen molar-refractivity contribution in [2.45, 2.75) is 25.9 Å². The third-order valence-corrected chi connectivity index (χ3v) is 5.76. The van der Waals surface area contributed by atoms with Gasteiger partial charge in [0.05, 0.1) is 22.5 Å². The standard InChI is InChI=1S/C26H22N4O4/c27-17-20-8-11-22-23(16-20)29(14-12-19-6-9-21(10-7-19)24(31)28-34)26(33)30(25(22)32)15-13-18-4-2-1-3-5-18/h1-11,16,34H,12-15H2,(H,28,31). The van der Waals surface area contributed by atoms with Gasteiger partial charge in [0.1, 0.15) is 0 Å². The minimum absolute atomic E-state index is 0.239. The Labute approximate surface area is 194 Å². The minimum Gasteiger partial charge on any atom is -0.293 e. The van der Waals surface area contributed by atoms with Crippen molar-refractivity contribution in [1.29, 1.82) is 5.26 Å². The number of hydrogen-bond donors (Lipinski definition) is 2. The number of carbonyl (C=O) groups excluding carboxylic acids is 1. The zero-order valence-corrected chi connectivity index (χ0v) is 18.3. The lowest BCUT2D eigenvalue weighted by atomic mass is 10.1. The van der Waals surface area contributed by atoms with Crippen LogP contribution in [0.5, 0.6) is 0 Å². The van der Waals surface area contributed by atoms with Crippen LogP contribution in [0.2, 0.25) is 0 Å². The molecule has 0 bridgehead atoms. The third-order valence-electron chi connectivity index (χ3n) is 5.76. The molecule has 4 rings (SSSR count). The Balaban J connectivity index is 1.71. The summed E-state index contributed by atoms with van der Waals surface area (Å²) in [5.41, 5.74) is 3.76. The van der Waals surface area contributed by atoms with Crippen molar-refractivity contribution in [2.75, 3.05) is 0 Å². The van der Waals surface area contributed by atoms with Crippen molar-refractivity contribution < 1.29 is 10.0 Å². The lowest BCUT2D eigenvalue weighted by molar-refractivity contribution is 0.0706. The van der Waals surface area contributed by atoms with E-state index in [1.807, 2.05) is 30.3 Å². The number of aryl methyl sites for hydroxylation is 3. The molecule has 0 radical (unpaired) electrons. The number of benzene rings is 3. The summed E-state index contributed by atoms with van der Waals surface area (Å²) in [4.78, 5) is 38.0. The number of hydroxylamine groups is 1. The SMILES string of the molecule is N#Cc1ccc2c(=O)n(CCc3ccccc3)c(=O)n(CCc3ccc(C(=O)NO)cc3)c2c1. The monoisotopic (exact) mass is 454 g/mol. The first-order chi connectivity index (χ1) is 16.5. The quantitative estimate of drug-likeness (QED) is 0.329. The van der Waals surface area contributed by atoms with Crippen molar-refractivity contribution in [1.82, 2.24) is 14.6 Å². The Hall–Kier alpha value is -4.48. The van der Waals surface area contributed by atoms with Crippen LogP contribution in [0.4, 0.5) is 0 Å². The molecule has 2 N–H and O–H groups in total. The Kier molecular flexibility index (Phi) is 6.67. The molecular formula is C26H22N4O4. The second-order valence-corrected chi connectivity index (χ2v) is 7.86. The second-order valence-electron chi connectivity index (χ2n) is 7.86. The van der Waals surface area contributed by atoms with Crippen LogP contribution in [0.15, 0.2) is 82.4 Å². The molecule has 1 aromatic heterocycles. The fourth-order valence-electron chi connectivity index (χ4n) is 3.91. The van der Waals surface area contributed by atoms with Gasteiger partial charge in [0.15, 0.2) is 0 Å². The van der Waals surface area contributed by atoms with Gasteiger partial charge in [-0.25, -0.2) is 10.3 Å². The first kappa shape index (κ1) is 22.7. The van der Waals surface area contributed by atoms with Crippen molar-refractivity contribution in [3.05, 3.63) is 116 Å². The van der Waals surface area contributed by atoms with E-state index in [1.165, 1.54) is 9.13 Å². The van der Waals surface area contributed by atoms with Gasteiger partial charge in [0.25, 0.3) is 11.5 Å². The van der Waals surface area contributed by atoms with Gasteiger partial charge in [-0.3, -0.25) is 23.9 Å². The average molecular weight is 454 g/mol. The number of nitrogens with zero attached hydrogens (tertiary/aromatic N) is 3. The highest BCUT2D eigenvalue weighted by molar-refractivity contribution is 5.93. The molecule has 0 spiro atoms. The van der Waals surface area contributed by atoms with Gasteiger partial charge in [-0.15, -0.1) is 0 Å². The van der Waals surface area contributed by atoms with E-state index >= 15 is 0 Å². The van der Waals surface area contributed by atoms with Crippen LogP contribution >= 0.6 is 0 Å². The summed E-state index contributed by atoms with van der Waals surface area (Å²) in [5, 5.41) is 18.5. The number of fused-ring (bicyclic) bond motifs is 1. The van der Waals surface area contributed by atoms with E-state index < -0.39 is 11.6 Å². The van der Waals surface area contributed by atoms with E-state index in [4.69, 9.17) is 5.21 Å². The number of nitriles is 1. The minimum atomic E-state index is -0.608. The first-order valence-electron chi connectivity index (χ1n) is 10.8. The Morgan fingerprint density at radius 3 is 2.18 bits per heavy atom.